The Morgan fingerprint density at radius 1 is 1.00 bits per heavy atom. The smallest absolute Gasteiger partial charge is 0.335 e. The Morgan fingerprint density at radius 2 is 1.48 bits per heavy atom. The Kier molecular flexibility index (Phi) is 4.14. The van der Waals surface area contributed by atoms with E-state index in [1.54, 1.807) is 42.7 Å². The maximum Gasteiger partial charge on any atom is 0.335 e. The van der Waals surface area contributed by atoms with Crippen molar-refractivity contribution in [3.05, 3.63) is 54.1 Å². The summed E-state index contributed by atoms with van der Waals surface area (Å²) in [7, 11) is 0. The van der Waals surface area contributed by atoms with Gasteiger partial charge in [0, 0.05) is 11.1 Å². The van der Waals surface area contributed by atoms with Crippen molar-refractivity contribution in [3.8, 4) is 22.9 Å². The number of benzene rings is 2. The molecule has 0 saturated heterocycles. The van der Waals surface area contributed by atoms with Crippen LogP contribution in [0.3, 0.4) is 0 Å². The standard InChI is InChI=1S/C16H12N2O4S/c1-23(21)13-8-6-11(7-9-13)15-18-17-14(22-15)10-2-4-12(5-3-10)16(19)20/h2-9H,1H3,(H,19,20). The molecule has 23 heavy (non-hydrogen) atoms. The van der Waals surface area contributed by atoms with Crippen molar-refractivity contribution in [1.82, 2.24) is 10.2 Å². The molecule has 1 N–H and O–H groups in total. The van der Waals surface area contributed by atoms with Gasteiger partial charge in [-0.05, 0) is 59.7 Å². The van der Waals surface area contributed by atoms with Gasteiger partial charge in [-0.2, -0.15) is 0 Å². The van der Waals surface area contributed by atoms with Crippen LogP contribution in [0.25, 0.3) is 22.9 Å². The Balaban J connectivity index is 1.86. The Hall–Kier alpha value is -2.64. The number of aromatic nitrogens is 2. The summed E-state index contributed by atoms with van der Waals surface area (Å²) in [6, 6.07) is 13.2. The van der Waals surface area contributed by atoms with Crippen LogP contribution in [0, 0.1) is 0 Å². The molecule has 0 radical (unpaired) electrons. The van der Waals surface area contributed by atoms with Gasteiger partial charge in [0.1, 0.15) is 6.26 Å². The van der Waals surface area contributed by atoms with Crippen LogP contribution < -0.4 is 0 Å². The maximum absolute atomic E-state index is 11.4. The van der Waals surface area contributed by atoms with E-state index in [1.807, 2.05) is 0 Å². The van der Waals surface area contributed by atoms with Gasteiger partial charge in [-0.25, -0.2) is 4.79 Å². The zero-order chi connectivity index (χ0) is 16.4. The van der Waals surface area contributed by atoms with Crippen molar-refractivity contribution < 1.29 is 18.9 Å². The molecule has 0 amide bonds. The summed E-state index contributed by atoms with van der Waals surface area (Å²) in [6.07, 6.45) is 1.61. The Bertz CT molecular complexity index is 826. The molecule has 0 aliphatic heterocycles. The SMILES string of the molecule is C[S+]([O-])c1ccc(-c2nnc(-c3ccc(C(=O)O)cc3)o2)cc1. The minimum Gasteiger partial charge on any atom is -0.612 e. The average Bonchev–Trinajstić information content (AvgIpc) is 3.05. The number of hydrogen-bond donors (Lipinski definition) is 1. The number of carboxylic acid groups (broad SMARTS) is 1. The van der Waals surface area contributed by atoms with E-state index in [2.05, 4.69) is 10.2 Å². The van der Waals surface area contributed by atoms with E-state index in [9.17, 15) is 9.35 Å². The Labute approximate surface area is 135 Å². The van der Waals surface area contributed by atoms with Crippen molar-refractivity contribution in [2.24, 2.45) is 0 Å². The molecule has 1 atom stereocenters. The highest BCUT2D eigenvalue weighted by molar-refractivity contribution is 7.90. The fraction of sp³-hybridized carbons (Fsp3) is 0.0625. The van der Waals surface area contributed by atoms with Crippen molar-refractivity contribution in [2.45, 2.75) is 4.90 Å². The lowest BCUT2D eigenvalue weighted by Crippen LogP contribution is -1.96. The third-order valence-corrected chi connectivity index (χ3v) is 4.17. The molecule has 1 unspecified atom stereocenters. The van der Waals surface area contributed by atoms with Gasteiger partial charge in [0.05, 0.1) is 5.56 Å². The fourth-order valence-electron chi connectivity index (χ4n) is 2.00. The number of aromatic carboxylic acids is 1. The van der Waals surface area contributed by atoms with Crippen LogP contribution in [-0.4, -0.2) is 32.1 Å². The molecular formula is C16H12N2O4S. The van der Waals surface area contributed by atoms with Gasteiger partial charge in [0.15, 0.2) is 4.90 Å². The highest BCUT2D eigenvalue weighted by Crippen LogP contribution is 2.25. The minimum absolute atomic E-state index is 0.191. The molecule has 116 valence electrons. The van der Waals surface area contributed by atoms with Crippen LogP contribution in [-0.2, 0) is 11.2 Å². The highest BCUT2D eigenvalue weighted by atomic mass is 32.2. The predicted molar refractivity (Wildman–Crippen MR) is 84.5 cm³/mol. The van der Waals surface area contributed by atoms with Crippen molar-refractivity contribution in [1.29, 1.82) is 0 Å². The Morgan fingerprint density at radius 3 is 1.91 bits per heavy atom. The molecule has 7 heteroatoms. The number of carbonyl (C=O) groups is 1. The summed E-state index contributed by atoms with van der Waals surface area (Å²) in [6.45, 7) is 0. The van der Waals surface area contributed by atoms with Crippen molar-refractivity contribution in [2.75, 3.05) is 6.26 Å². The molecule has 0 aliphatic rings. The molecular weight excluding hydrogens is 316 g/mol. The van der Waals surface area contributed by atoms with Crippen LogP contribution in [0.15, 0.2) is 57.8 Å². The first-order chi connectivity index (χ1) is 11.0. The third-order valence-electron chi connectivity index (χ3n) is 3.24. The summed E-state index contributed by atoms with van der Waals surface area (Å²) in [5.41, 5.74) is 1.55. The number of nitrogens with zero attached hydrogens (tertiary/aromatic N) is 2. The molecule has 6 nitrogen and oxygen atoms in total. The maximum atomic E-state index is 11.4. The molecule has 3 aromatic rings. The first-order valence-corrected chi connectivity index (χ1v) is 8.21. The summed E-state index contributed by atoms with van der Waals surface area (Å²) < 4.78 is 17.0. The van der Waals surface area contributed by atoms with Crippen molar-refractivity contribution in [3.63, 3.8) is 0 Å². The topological polar surface area (TPSA) is 99.3 Å². The fourth-order valence-corrected chi connectivity index (χ4v) is 2.52. The second kappa shape index (κ2) is 6.23. The minimum atomic E-state index is -1.04. The summed E-state index contributed by atoms with van der Waals surface area (Å²) in [4.78, 5) is 11.6. The highest BCUT2D eigenvalue weighted by Gasteiger charge is 2.12. The van der Waals surface area contributed by atoms with Gasteiger partial charge < -0.3 is 14.1 Å². The number of hydrogen-bond acceptors (Lipinski definition) is 5. The van der Waals surface area contributed by atoms with E-state index in [0.717, 1.165) is 10.5 Å². The molecule has 1 aromatic heterocycles. The third kappa shape index (κ3) is 3.25. The zero-order valence-electron chi connectivity index (χ0n) is 12.1. The van der Waals surface area contributed by atoms with Gasteiger partial charge in [-0.3, -0.25) is 0 Å². The largest absolute Gasteiger partial charge is 0.612 e. The molecule has 0 fully saturated rings. The summed E-state index contributed by atoms with van der Waals surface area (Å²) in [5.74, 6) is -0.341. The van der Waals surface area contributed by atoms with E-state index in [-0.39, 0.29) is 5.56 Å². The van der Waals surface area contributed by atoms with Crippen LogP contribution >= 0.6 is 0 Å². The van der Waals surface area contributed by atoms with Gasteiger partial charge in [-0.15, -0.1) is 10.2 Å². The first-order valence-electron chi connectivity index (χ1n) is 6.65. The molecule has 0 bridgehead atoms. The average molecular weight is 328 g/mol. The van der Waals surface area contributed by atoms with Gasteiger partial charge in [0.2, 0.25) is 11.8 Å². The number of carboxylic acids is 1. The lowest BCUT2D eigenvalue weighted by molar-refractivity contribution is 0.0697. The van der Waals surface area contributed by atoms with E-state index < -0.39 is 17.1 Å². The van der Waals surface area contributed by atoms with Crippen LogP contribution in [0.1, 0.15) is 10.4 Å². The normalized spacial score (nSPS) is 12.1. The van der Waals surface area contributed by atoms with E-state index in [4.69, 9.17) is 9.52 Å². The summed E-state index contributed by atoms with van der Waals surface area (Å²) in [5, 5.41) is 16.8. The van der Waals surface area contributed by atoms with E-state index >= 15 is 0 Å². The first kappa shape index (κ1) is 15.3. The second-order valence-corrected chi connectivity index (χ2v) is 6.15. The second-order valence-electron chi connectivity index (χ2n) is 4.77. The van der Waals surface area contributed by atoms with Gasteiger partial charge >= 0.3 is 5.97 Å². The molecule has 1 heterocycles. The van der Waals surface area contributed by atoms with E-state index in [1.165, 1.54) is 12.1 Å². The van der Waals surface area contributed by atoms with Crippen LogP contribution in [0.5, 0.6) is 0 Å². The molecule has 0 aliphatic carbocycles. The van der Waals surface area contributed by atoms with Crippen LogP contribution in [0.2, 0.25) is 0 Å². The predicted octanol–water partition coefficient (Wildman–Crippen LogP) is 2.84. The zero-order valence-corrected chi connectivity index (χ0v) is 12.9. The lowest BCUT2D eigenvalue weighted by atomic mass is 10.1. The molecule has 0 spiro atoms. The van der Waals surface area contributed by atoms with Gasteiger partial charge in [-0.1, -0.05) is 0 Å². The monoisotopic (exact) mass is 328 g/mol. The summed E-state index contributed by atoms with van der Waals surface area (Å²) >= 11 is -1.04. The quantitative estimate of drug-likeness (QED) is 0.739. The molecule has 3 rings (SSSR count). The lowest BCUT2D eigenvalue weighted by Gasteiger charge is -2.03. The van der Waals surface area contributed by atoms with E-state index in [0.29, 0.717) is 17.3 Å². The number of rotatable bonds is 4. The van der Waals surface area contributed by atoms with Crippen molar-refractivity contribution >= 4 is 17.1 Å². The van der Waals surface area contributed by atoms with Gasteiger partial charge in [0.25, 0.3) is 0 Å². The van der Waals surface area contributed by atoms with Crippen LogP contribution in [0.4, 0.5) is 0 Å². The molecule has 0 saturated carbocycles. The molecule has 2 aromatic carbocycles.